The van der Waals surface area contributed by atoms with Gasteiger partial charge in [-0.3, -0.25) is 4.90 Å². The van der Waals surface area contributed by atoms with Crippen LogP contribution in [0.3, 0.4) is 0 Å². The topological polar surface area (TPSA) is 41.9 Å². The van der Waals surface area contributed by atoms with Crippen molar-refractivity contribution in [3.63, 3.8) is 0 Å². The summed E-state index contributed by atoms with van der Waals surface area (Å²) in [6.07, 6.45) is 5.94. The summed E-state index contributed by atoms with van der Waals surface area (Å²) in [5, 5.41) is 3.20. The molecule has 24 heavy (non-hydrogen) atoms. The van der Waals surface area contributed by atoms with Gasteiger partial charge in [0.15, 0.2) is 0 Å². The molecule has 1 aromatic rings. The van der Waals surface area contributed by atoms with Gasteiger partial charge < -0.3 is 4.74 Å². The average Bonchev–Trinajstić information content (AvgIpc) is 3.41. The van der Waals surface area contributed by atoms with E-state index in [0.29, 0.717) is 18.5 Å². The minimum Gasteiger partial charge on any atom is -0.497 e. The van der Waals surface area contributed by atoms with Gasteiger partial charge in [-0.1, -0.05) is 18.2 Å². The minimum atomic E-state index is 0.0841. The molecule has 1 heterocycles. The molecule has 0 amide bonds. The van der Waals surface area contributed by atoms with Crippen LogP contribution in [0.25, 0.3) is 0 Å². The summed E-state index contributed by atoms with van der Waals surface area (Å²) < 4.78 is 5.49. The number of benzene rings is 1. The summed E-state index contributed by atoms with van der Waals surface area (Å²) in [5.74, 6) is 2.42. The van der Waals surface area contributed by atoms with Gasteiger partial charge in [0.2, 0.25) is 0 Å². The van der Waals surface area contributed by atoms with E-state index < -0.39 is 0 Å². The molecule has 2 fully saturated rings. The van der Waals surface area contributed by atoms with Gasteiger partial charge in [0.05, 0.1) is 13.7 Å². The summed E-state index contributed by atoms with van der Waals surface area (Å²) in [6, 6.07) is 7.16. The number of methoxy groups -OCH3 is 1. The molecule has 1 saturated heterocycles. The predicted molar refractivity (Wildman–Crippen MR) is 95.5 cm³/mol. The Morgan fingerprint density at radius 2 is 2.21 bits per heavy atom. The van der Waals surface area contributed by atoms with Crippen molar-refractivity contribution in [2.45, 2.75) is 50.5 Å². The molecule has 0 spiro atoms. The largest absolute Gasteiger partial charge is 0.497 e. The summed E-state index contributed by atoms with van der Waals surface area (Å²) in [6.45, 7) is 5.23. The van der Waals surface area contributed by atoms with E-state index >= 15 is 0 Å². The van der Waals surface area contributed by atoms with E-state index in [-0.39, 0.29) is 5.41 Å². The maximum absolute atomic E-state index is 10.9. The number of hydrogen-bond donors (Lipinski definition) is 0. The molecule has 4 heteroatoms. The first-order chi connectivity index (χ1) is 11.7. The molecule has 1 aliphatic heterocycles. The van der Waals surface area contributed by atoms with Crippen LogP contribution in [0.4, 0.5) is 0 Å². The Kier molecular flexibility index (Phi) is 4.11. The third-order valence-electron chi connectivity index (χ3n) is 6.88. The number of nitroso groups, excluding NO2 is 1. The fraction of sp³-hybridized carbons (Fsp3) is 0.700. The van der Waals surface area contributed by atoms with Crippen LogP contribution in [0.15, 0.2) is 23.4 Å². The van der Waals surface area contributed by atoms with Crippen molar-refractivity contribution in [3.05, 3.63) is 34.2 Å². The Morgan fingerprint density at radius 3 is 2.92 bits per heavy atom. The monoisotopic (exact) mass is 328 g/mol. The van der Waals surface area contributed by atoms with Gasteiger partial charge >= 0.3 is 0 Å². The van der Waals surface area contributed by atoms with Crippen LogP contribution >= 0.6 is 0 Å². The lowest BCUT2D eigenvalue weighted by molar-refractivity contribution is 0.0168. The molecule has 0 aromatic heterocycles. The number of nitrogens with zero attached hydrogens (tertiary/aromatic N) is 2. The van der Waals surface area contributed by atoms with Crippen molar-refractivity contribution in [2.24, 2.45) is 17.0 Å². The third kappa shape index (κ3) is 2.55. The zero-order valence-electron chi connectivity index (χ0n) is 14.8. The maximum Gasteiger partial charge on any atom is 0.119 e. The lowest BCUT2D eigenvalue weighted by Gasteiger charge is -2.56. The van der Waals surface area contributed by atoms with E-state index in [0.717, 1.165) is 37.5 Å². The zero-order chi connectivity index (χ0) is 16.7. The highest BCUT2D eigenvalue weighted by molar-refractivity contribution is 5.45. The molecule has 4 rings (SSSR count). The summed E-state index contributed by atoms with van der Waals surface area (Å²) in [7, 11) is 1.73. The molecule has 0 radical (unpaired) electrons. The van der Waals surface area contributed by atoms with E-state index in [2.05, 4.69) is 35.2 Å². The number of piperidine rings is 1. The smallest absolute Gasteiger partial charge is 0.119 e. The van der Waals surface area contributed by atoms with Crippen LogP contribution in [0.2, 0.25) is 0 Å². The average molecular weight is 328 g/mol. The quantitative estimate of drug-likeness (QED) is 0.747. The fourth-order valence-electron chi connectivity index (χ4n) is 5.25. The Bertz CT molecular complexity index is 628. The van der Waals surface area contributed by atoms with Gasteiger partial charge in [-0.15, -0.1) is 0 Å². The van der Waals surface area contributed by atoms with Gasteiger partial charge in [0.25, 0.3) is 0 Å². The molecule has 4 nitrogen and oxygen atoms in total. The first-order valence-corrected chi connectivity index (χ1v) is 9.38. The van der Waals surface area contributed by atoms with Gasteiger partial charge in [-0.05, 0) is 73.7 Å². The molecular weight excluding hydrogens is 300 g/mol. The van der Waals surface area contributed by atoms with Crippen molar-refractivity contribution in [3.8, 4) is 5.75 Å². The summed E-state index contributed by atoms with van der Waals surface area (Å²) >= 11 is 0. The van der Waals surface area contributed by atoms with Crippen molar-refractivity contribution >= 4 is 0 Å². The second-order valence-corrected chi connectivity index (χ2v) is 8.03. The molecule has 3 aliphatic rings. The van der Waals surface area contributed by atoms with Gasteiger partial charge in [0, 0.05) is 18.0 Å². The van der Waals surface area contributed by atoms with Crippen molar-refractivity contribution in [1.82, 2.24) is 4.90 Å². The highest BCUT2D eigenvalue weighted by Gasteiger charge is 2.51. The second-order valence-electron chi connectivity index (χ2n) is 8.03. The number of rotatable bonds is 6. The highest BCUT2D eigenvalue weighted by Crippen LogP contribution is 2.52. The Morgan fingerprint density at radius 1 is 1.38 bits per heavy atom. The minimum absolute atomic E-state index is 0.0841. The van der Waals surface area contributed by atoms with Crippen LogP contribution < -0.4 is 4.74 Å². The van der Waals surface area contributed by atoms with Crippen molar-refractivity contribution in [2.75, 3.05) is 26.7 Å². The Labute approximate surface area is 144 Å². The van der Waals surface area contributed by atoms with Crippen LogP contribution in [0, 0.1) is 16.7 Å². The molecule has 3 atom stereocenters. The van der Waals surface area contributed by atoms with Crippen molar-refractivity contribution in [1.29, 1.82) is 0 Å². The molecular formula is C20H28N2O2. The molecule has 2 bridgehead atoms. The van der Waals surface area contributed by atoms with E-state index in [1.807, 2.05) is 0 Å². The lowest BCUT2D eigenvalue weighted by Crippen LogP contribution is -2.59. The number of hydrogen-bond acceptors (Lipinski definition) is 4. The van der Waals surface area contributed by atoms with E-state index in [4.69, 9.17) is 4.74 Å². The van der Waals surface area contributed by atoms with Crippen molar-refractivity contribution < 1.29 is 4.74 Å². The van der Waals surface area contributed by atoms with Gasteiger partial charge in [0.1, 0.15) is 5.75 Å². The predicted octanol–water partition coefficient (Wildman–Crippen LogP) is 3.77. The standard InChI is InChI=1S/C20H28N2O2/c1-14-19-11-16-5-6-17(24-2)12-18(16)20(14,7-9-21-23)8-10-22(19)13-15-3-4-15/h5-6,12,14-15,19H,3-4,7-11,13H2,1-2H3/t14-,19+,20-/m0/s1. The molecule has 1 aromatic carbocycles. The first kappa shape index (κ1) is 16.1. The van der Waals surface area contributed by atoms with Crippen LogP contribution in [0.1, 0.15) is 43.7 Å². The van der Waals surface area contributed by atoms with Gasteiger partial charge in [-0.25, -0.2) is 0 Å². The lowest BCUT2D eigenvalue weighted by atomic mass is 9.56. The summed E-state index contributed by atoms with van der Waals surface area (Å²) in [5.41, 5.74) is 2.95. The van der Waals surface area contributed by atoms with E-state index in [9.17, 15) is 4.91 Å². The fourth-order valence-corrected chi connectivity index (χ4v) is 5.25. The Hall–Kier alpha value is -1.42. The molecule has 1 saturated carbocycles. The zero-order valence-corrected chi connectivity index (χ0v) is 14.8. The summed E-state index contributed by atoms with van der Waals surface area (Å²) in [4.78, 5) is 13.6. The highest BCUT2D eigenvalue weighted by atomic mass is 16.5. The molecule has 0 N–H and O–H groups in total. The van der Waals surface area contributed by atoms with Gasteiger partial charge in [-0.2, -0.15) is 4.91 Å². The first-order valence-electron chi connectivity index (χ1n) is 9.38. The normalized spacial score (nSPS) is 32.2. The Balaban J connectivity index is 1.72. The number of ether oxygens (including phenoxy) is 1. The van der Waals surface area contributed by atoms with Crippen LogP contribution in [-0.4, -0.2) is 37.7 Å². The second kappa shape index (κ2) is 6.14. The molecule has 0 unspecified atom stereocenters. The molecule has 130 valence electrons. The third-order valence-corrected chi connectivity index (χ3v) is 6.88. The van der Waals surface area contributed by atoms with Crippen LogP contribution in [-0.2, 0) is 11.8 Å². The number of likely N-dealkylation sites (tertiary alicyclic amines) is 1. The van der Waals surface area contributed by atoms with E-state index in [1.165, 1.54) is 30.5 Å². The number of fused-ring (bicyclic) bond motifs is 4. The van der Waals surface area contributed by atoms with E-state index in [1.54, 1.807) is 7.11 Å². The van der Waals surface area contributed by atoms with Crippen LogP contribution in [0.5, 0.6) is 5.75 Å². The maximum atomic E-state index is 10.9. The SMILES string of the molecule is COc1ccc2c(c1)[C@@]1(CCN=O)CCN(CC3CC3)[C@H](C2)[C@@H]1C. The molecule has 2 aliphatic carbocycles.